The number of aromatic nitrogens is 3. The van der Waals surface area contributed by atoms with E-state index < -0.39 is 0 Å². The zero-order valence-electron chi connectivity index (χ0n) is 13.5. The molecule has 3 rings (SSSR count). The third kappa shape index (κ3) is 4.08. The number of hydrogen-bond acceptors (Lipinski definition) is 5. The SMILES string of the molecule is Cc1ccc(Nc2cnnc(NCc3ccccc3C)n2)c(Br)c1. The number of anilines is 3. The summed E-state index contributed by atoms with van der Waals surface area (Å²) in [5.74, 6) is 1.13. The maximum atomic E-state index is 4.46. The summed E-state index contributed by atoms with van der Waals surface area (Å²) < 4.78 is 0.982. The summed E-state index contributed by atoms with van der Waals surface area (Å²) in [6.07, 6.45) is 1.60. The standard InChI is InChI=1S/C18H18BrN5/c1-12-7-8-16(15(19)9-12)22-17-11-21-24-18(23-17)20-10-14-6-4-3-5-13(14)2/h3-9,11H,10H2,1-2H3,(H2,20,22,23,24). The lowest BCUT2D eigenvalue weighted by Gasteiger charge is -2.10. The van der Waals surface area contributed by atoms with Crippen molar-refractivity contribution in [1.29, 1.82) is 0 Å². The van der Waals surface area contributed by atoms with E-state index in [2.05, 4.69) is 60.8 Å². The Morgan fingerprint density at radius 1 is 1.08 bits per heavy atom. The van der Waals surface area contributed by atoms with Crippen molar-refractivity contribution in [2.75, 3.05) is 10.6 Å². The second-order valence-corrected chi connectivity index (χ2v) is 6.41. The van der Waals surface area contributed by atoms with E-state index in [1.54, 1.807) is 6.20 Å². The minimum atomic E-state index is 0.492. The Morgan fingerprint density at radius 2 is 1.92 bits per heavy atom. The summed E-state index contributed by atoms with van der Waals surface area (Å²) in [5, 5.41) is 14.5. The molecule has 0 saturated heterocycles. The van der Waals surface area contributed by atoms with Gasteiger partial charge in [0.2, 0.25) is 5.95 Å². The first kappa shape index (κ1) is 16.4. The average Bonchev–Trinajstić information content (AvgIpc) is 2.57. The Kier molecular flexibility index (Phi) is 5.05. The molecule has 0 aliphatic heterocycles. The van der Waals surface area contributed by atoms with Gasteiger partial charge in [0.05, 0.1) is 11.9 Å². The fourth-order valence-electron chi connectivity index (χ4n) is 2.28. The van der Waals surface area contributed by atoms with Crippen LogP contribution in [-0.2, 0) is 6.54 Å². The molecule has 0 aliphatic carbocycles. The van der Waals surface area contributed by atoms with Gasteiger partial charge in [-0.05, 0) is 58.6 Å². The molecule has 0 atom stereocenters. The Hall–Kier alpha value is -2.47. The first-order valence-electron chi connectivity index (χ1n) is 7.63. The molecule has 122 valence electrons. The van der Waals surface area contributed by atoms with E-state index in [1.165, 1.54) is 16.7 Å². The van der Waals surface area contributed by atoms with Gasteiger partial charge >= 0.3 is 0 Å². The van der Waals surface area contributed by atoms with Crippen LogP contribution in [0.5, 0.6) is 0 Å². The van der Waals surface area contributed by atoms with Gasteiger partial charge in [-0.3, -0.25) is 0 Å². The average molecular weight is 384 g/mol. The van der Waals surface area contributed by atoms with Crippen LogP contribution < -0.4 is 10.6 Å². The van der Waals surface area contributed by atoms with Crippen molar-refractivity contribution in [3.63, 3.8) is 0 Å². The van der Waals surface area contributed by atoms with Gasteiger partial charge in [-0.15, -0.1) is 5.10 Å². The number of nitrogens with one attached hydrogen (secondary N) is 2. The molecule has 24 heavy (non-hydrogen) atoms. The number of rotatable bonds is 5. The van der Waals surface area contributed by atoms with Gasteiger partial charge < -0.3 is 10.6 Å². The van der Waals surface area contributed by atoms with Gasteiger partial charge in [0.1, 0.15) is 0 Å². The van der Waals surface area contributed by atoms with Crippen LogP contribution >= 0.6 is 15.9 Å². The molecule has 3 aromatic rings. The van der Waals surface area contributed by atoms with Crippen molar-refractivity contribution in [2.24, 2.45) is 0 Å². The van der Waals surface area contributed by atoms with Gasteiger partial charge in [0.25, 0.3) is 0 Å². The van der Waals surface area contributed by atoms with Crippen LogP contribution in [0.15, 0.2) is 53.1 Å². The molecule has 2 N–H and O–H groups in total. The van der Waals surface area contributed by atoms with Crippen molar-refractivity contribution >= 4 is 33.4 Å². The zero-order chi connectivity index (χ0) is 16.9. The van der Waals surface area contributed by atoms with E-state index in [-0.39, 0.29) is 0 Å². The molecule has 0 aliphatic rings. The van der Waals surface area contributed by atoms with Crippen LogP contribution in [-0.4, -0.2) is 15.2 Å². The largest absolute Gasteiger partial charge is 0.349 e. The number of aryl methyl sites for hydroxylation is 2. The fourth-order valence-corrected chi connectivity index (χ4v) is 2.87. The summed E-state index contributed by atoms with van der Waals surface area (Å²) >= 11 is 3.55. The van der Waals surface area contributed by atoms with Crippen molar-refractivity contribution in [3.05, 3.63) is 69.8 Å². The molecule has 5 nitrogen and oxygen atoms in total. The summed E-state index contributed by atoms with van der Waals surface area (Å²) in [5.41, 5.74) is 4.57. The highest BCUT2D eigenvalue weighted by atomic mass is 79.9. The van der Waals surface area contributed by atoms with Gasteiger partial charge in [-0.2, -0.15) is 10.1 Å². The Labute approximate surface area is 149 Å². The lowest BCUT2D eigenvalue weighted by Crippen LogP contribution is -2.07. The summed E-state index contributed by atoms with van der Waals surface area (Å²) in [7, 11) is 0. The monoisotopic (exact) mass is 383 g/mol. The highest BCUT2D eigenvalue weighted by molar-refractivity contribution is 9.10. The van der Waals surface area contributed by atoms with E-state index in [1.807, 2.05) is 37.3 Å². The second-order valence-electron chi connectivity index (χ2n) is 5.55. The Morgan fingerprint density at radius 3 is 2.71 bits per heavy atom. The predicted octanol–water partition coefficient (Wildman–Crippen LogP) is 4.61. The van der Waals surface area contributed by atoms with Gasteiger partial charge in [0, 0.05) is 11.0 Å². The summed E-state index contributed by atoms with van der Waals surface area (Å²) in [4.78, 5) is 4.46. The molecule has 0 radical (unpaired) electrons. The fraction of sp³-hybridized carbons (Fsp3) is 0.167. The molecule has 1 heterocycles. The van der Waals surface area contributed by atoms with Crippen LogP contribution in [0.3, 0.4) is 0 Å². The number of halogens is 1. The third-order valence-corrected chi connectivity index (χ3v) is 4.30. The molecule has 6 heteroatoms. The van der Waals surface area contributed by atoms with Crippen molar-refractivity contribution in [1.82, 2.24) is 15.2 Å². The molecule has 2 aromatic carbocycles. The van der Waals surface area contributed by atoms with Crippen LogP contribution in [0.25, 0.3) is 0 Å². The van der Waals surface area contributed by atoms with E-state index >= 15 is 0 Å². The van der Waals surface area contributed by atoms with Crippen LogP contribution in [0.2, 0.25) is 0 Å². The predicted molar refractivity (Wildman–Crippen MR) is 100 cm³/mol. The molecule has 1 aromatic heterocycles. The highest BCUT2D eigenvalue weighted by Gasteiger charge is 2.05. The number of benzene rings is 2. The van der Waals surface area contributed by atoms with Crippen molar-refractivity contribution < 1.29 is 0 Å². The number of nitrogens with zero attached hydrogens (tertiary/aromatic N) is 3. The summed E-state index contributed by atoms with van der Waals surface area (Å²) in [6.45, 7) is 4.80. The Balaban J connectivity index is 1.71. The topological polar surface area (TPSA) is 62.7 Å². The lowest BCUT2D eigenvalue weighted by atomic mass is 10.1. The van der Waals surface area contributed by atoms with E-state index in [0.717, 1.165) is 10.2 Å². The van der Waals surface area contributed by atoms with Crippen LogP contribution in [0, 0.1) is 13.8 Å². The molecular formula is C18H18BrN5. The minimum Gasteiger partial charge on any atom is -0.349 e. The van der Waals surface area contributed by atoms with Crippen LogP contribution in [0.1, 0.15) is 16.7 Å². The molecule has 0 saturated carbocycles. The van der Waals surface area contributed by atoms with E-state index in [4.69, 9.17) is 0 Å². The molecule has 0 spiro atoms. The van der Waals surface area contributed by atoms with Gasteiger partial charge in [-0.25, -0.2) is 0 Å². The van der Waals surface area contributed by atoms with Crippen LogP contribution in [0.4, 0.5) is 17.5 Å². The van der Waals surface area contributed by atoms with Crippen molar-refractivity contribution in [2.45, 2.75) is 20.4 Å². The van der Waals surface area contributed by atoms with E-state index in [9.17, 15) is 0 Å². The molecule has 0 fully saturated rings. The maximum Gasteiger partial charge on any atom is 0.244 e. The summed E-state index contributed by atoms with van der Waals surface area (Å²) in [6, 6.07) is 14.3. The lowest BCUT2D eigenvalue weighted by molar-refractivity contribution is 0.946. The first-order chi connectivity index (χ1) is 11.6. The quantitative estimate of drug-likeness (QED) is 0.673. The minimum absolute atomic E-state index is 0.492. The maximum absolute atomic E-state index is 4.46. The normalized spacial score (nSPS) is 10.5. The highest BCUT2D eigenvalue weighted by Crippen LogP contribution is 2.26. The van der Waals surface area contributed by atoms with Crippen molar-refractivity contribution in [3.8, 4) is 0 Å². The Bertz CT molecular complexity index is 850. The zero-order valence-corrected chi connectivity index (χ0v) is 15.1. The van der Waals surface area contributed by atoms with Gasteiger partial charge in [-0.1, -0.05) is 30.3 Å². The molecule has 0 bridgehead atoms. The number of hydrogen-bond donors (Lipinski definition) is 2. The third-order valence-electron chi connectivity index (χ3n) is 3.64. The molecule has 0 amide bonds. The molecular weight excluding hydrogens is 366 g/mol. The molecule has 0 unspecified atom stereocenters. The smallest absolute Gasteiger partial charge is 0.244 e. The second kappa shape index (κ2) is 7.40. The van der Waals surface area contributed by atoms with E-state index in [0.29, 0.717) is 18.3 Å². The first-order valence-corrected chi connectivity index (χ1v) is 8.42. The van der Waals surface area contributed by atoms with Gasteiger partial charge in [0.15, 0.2) is 5.82 Å².